The molecule has 1 fully saturated rings. The normalized spacial score (nSPS) is 31.5. The Bertz CT molecular complexity index is 200. The molecule has 1 heteroatoms. The van der Waals surface area contributed by atoms with Crippen molar-refractivity contribution >= 4 is 0 Å². The van der Waals surface area contributed by atoms with Gasteiger partial charge in [-0.15, -0.1) is 0 Å². The molecule has 0 bridgehead atoms. The molecular weight excluding hydrogens is 196 g/mol. The maximum absolute atomic E-state index is 9.18. The quantitative estimate of drug-likeness (QED) is 0.688. The summed E-state index contributed by atoms with van der Waals surface area (Å²) in [7, 11) is 0. The van der Waals surface area contributed by atoms with E-state index < -0.39 is 0 Å². The van der Waals surface area contributed by atoms with Crippen molar-refractivity contribution in [2.24, 2.45) is 23.2 Å². The number of hydrogen-bond donors (Lipinski definition) is 1. The fourth-order valence-corrected chi connectivity index (χ4v) is 3.54. The molecule has 0 heterocycles. The molecule has 16 heavy (non-hydrogen) atoms. The Labute approximate surface area is 102 Å². The van der Waals surface area contributed by atoms with Crippen LogP contribution in [0.1, 0.15) is 66.2 Å². The maximum atomic E-state index is 9.18. The van der Waals surface area contributed by atoms with Gasteiger partial charge in [-0.05, 0) is 48.9 Å². The van der Waals surface area contributed by atoms with Gasteiger partial charge in [0.15, 0.2) is 0 Å². The fraction of sp³-hybridized carbons (Fsp3) is 1.00. The topological polar surface area (TPSA) is 20.2 Å². The molecule has 1 rings (SSSR count). The zero-order chi connectivity index (χ0) is 12.2. The number of hydrogen-bond acceptors (Lipinski definition) is 1. The summed E-state index contributed by atoms with van der Waals surface area (Å²) >= 11 is 0. The van der Waals surface area contributed by atoms with E-state index in [-0.39, 0.29) is 0 Å². The van der Waals surface area contributed by atoms with E-state index in [1.807, 2.05) is 0 Å². The van der Waals surface area contributed by atoms with Crippen LogP contribution in [0, 0.1) is 23.2 Å². The van der Waals surface area contributed by atoms with Gasteiger partial charge in [-0.2, -0.15) is 0 Å². The summed E-state index contributed by atoms with van der Waals surface area (Å²) in [5.74, 6) is 2.55. The summed E-state index contributed by atoms with van der Waals surface area (Å²) < 4.78 is 0. The molecule has 0 amide bonds. The average molecular weight is 226 g/mol. The zero-order valence-corrected chi connectivity index (χ0v) is 11.6. The first-order valence-electron chi connectivity index (χ1n) is 7.16. The predicted molar refractivity (Wildman–Crippen MR) is 70.4 cm³/mol. The highest BCUT2D eigenvalue weighted by molar-refractivity contribution is 4.96. The molecule has 0 radical (unpaired) electrons. The van der Waals surface area contributed by atoms with Crippen LogP contribution in [-0.4, -0.2) is 11.7 Å². The highest BCUT2D eigenvalue weighted by Crippen LogP contribution is 2.54. The highest BCUT2D eigenvalue weighted by atomic mass is 16.3. The molecule has 0 aromatic rings. The van der Waals surface area contributed by atoms with Crippen LogP contribution in [0.2, 0.25) is 0 Å². The lowest BCUT2D eigenvalue weighted by atomic mass is 9.53. The van der Waals surface area contributed by atoms with Gasteiger partial charge in [0, 0.05) is 6.61 Å². The van der Waals surface area contributed by atoms with E-state index in [0.29, 0.717) is 12.0 Å². The van der Waals surface area contributed by atoms with Gasteiger partial charge in [0.2, 0.25) is 0 Å². The third-order valence-electron chi connectivity index (χ3n) is 4.87. The standard InChI is InChI=1S/C15H30O/c1-5-6-7-13(12(2)3)14-8-9-15(14,4)10-11-16/h12-14,16H,5-11H2,1-4H3/t13?,14-,15+/m1/s1. The third kappa shape index (κ3) is 3.00. The average Bonchev–Trinajstić information content (AvgIpc) is 2.22. The van der Waals surface area contributed by atoms with Gasteiger partial charge in [0.1, 0.15) is 0 Å². The van der Waals surface area contributed by atoms with Gasteiger partial charge in [-0.1, -0.05) is 40.5 Å². The highest BCUT2D eigenvalue weighted by Gasteiger charge is 2.46. The number of aliphatic hydroxyl groups excluding tert-OH is 1. The molecule has 1 aliphatic rings. The minimum absolute atomic E-state index is 0.367. The smallest absolute Gasteiger partial charge is 0.0436 e. The Morgan fingerprint density at radius 1 is 1.38 bits per heavy atom. The van der Waals surface area contributed by atoms with Gasteiger partial charge in [-0.25, -0.2) is 0 Å². The van der Waals surface area contributed by atoms with E-state index >= 15 is 0 Å². The van der Waals surface area contributed by atoms with Gasteiger partial charge >= 0.3 is 0 Å². The third-order valence-corrected chi connectivity index (χ3v) is 4.87. The van der Waals surface area contributed by atoms with Crippen molar-refractivity contribution in [3.63, 3.8) is 0 Å². The maximum Gasteiger partial charge on any atom is 0.0436 e. The molecule has 0 aliphatic heterocycles. The predicted octanol–water partition coefficient (Wildman–Crippen LogP) is 4.25. The molecule has 0 aromatic heterocycles. The summed E-state index contributed by atoms with van der Waals surface area (Å²) in [5.41, 5.74) is 0.442. The lowest BCUT2D eigenvalue weighted by Crippen LogP contribution is -2.44. The molecule has 1 N–H and O–H groups in total. The summed E-state index contributed by atoms with van der Waals surface area (Å²) in [4.78, 5) is 0. The van der Waals surface area contributed by atoms with Crippen molar-refractivity contribution in [1.29, 1.82) is 0 Å². The minimum Gasteiger partial charge on any atom is -0.396 e. The largest absolute Gasteiger partial charge is 0.396 e. The van der Waals surface area contributed by atoms with E-state index in [4.69, 9.17) is 0 Å². The fourth-order valence-electron chi connectivity index (χ4n) is 3.54. The van der Waals surface area contributed by atoms with Gasteiger partial charge in [-0.3, -0.25) is 0 Å². The first-order chi connectivity index (χ1) is 7.55. The van der Waals surface area contributed by atoms with Crippen LogP contribution in [-0.2, 0) is 0 Å². The lowest BCUT2D eigenvalue weighted by Gasteiger charge is -2.52. The summed E-state index contributed by atoms with van der Waals surface area (Å²) in [6, 6.07) is 0. The summed E-state index contributed by atoms with van der Waals surface area (Å²) in [6.45, 7) is 9.78. The van der Waals surface area contributed by atoms with Gasteiger partial charge in [0.05, 0.1) is 0 Å². The molecule has 1 nitrogen and oxygen atoms in total. The minimum atomic E-state index is 0.367. The molecule has 1 saturated carbocycles. The van der Waals surface area contributed by atoms with Crippen LogP contribution in [0.3, 0.4) is 0 Å². The molecule has 1 aliphatic carbocycles. The zero-order valence-electron chi connectivity index (χ0n) is 11.6. The Morgan fingerprint density at radius 3 is 2.44 bits per heavy atom. The van der Waals surface area contributed by atoms with Crippen molar-refractivity contribution in [3.8, 4) is 0 Å². The first-order valence-corrected chi connectivity index (χ1v) is 7.16. The van der Waals surface area contributed by atoms with Crippen LogP contribution in [0.25, 0.3) is 0 Å². The van der Waals surface area contributed by atoms with Crippen molar-refractivity contribution in [2.75, 3.05) is 6.61 Å². The molecule has 0 spiro atoms. The van der Waals surface area contributed by atoms with E-state index in [2.05, 4.69) is 27.7 Å². The van der Waals surface area contributed by atoms with Crippen LogP contribution in [0.4, 0.5) is 0 Å². The lowest BCUT2D eigenvalue weighted by molar-refractivity contribution is -0.0353. The van der Waals surface area contributed by atoms with Crippen LogP contribution in [0.15, 0.2) is 0 Å². The number of rotatable bonds is 7. The van der Waals surface area contributed by atoms with Crippen LogP contribution >= 0.6 is 0 Å². The Morgan fingerprint density at radius 2 is 2.06 bits per heavy atom. The number of unbranched alkanes of at least 4 members (excludes halogenated alkanes) is 1. The van der Waals surface area contributed by atoms with E-state index in [0.717, 1.165) is 24.2 Å². The van der Waals surface area contributed by atoms with E-state index in [1.54, 1.807) is 0 Å². The second-order valence-electron chi connectivity index (χ2n) is 6.32. The molecule has 1 unspecified atom stereocenters. The summed E-state index contributed by atoms with van der Waals surface area (Å²) in [5, 5.41) is 9.18. The monoisotopic (exact) mass is 226 g/mol. The molecular formula is C15H30O. The molecule has 0 aromatic carbocycles. The first kappa shape index (κ1) is 14.0. The molecule has 96 valence electrons. The van der Waals surface area contributed by atoms with Gasteiger partial charge < -0.3 is 5.11 Å². The van der Waals surface area contributed by atoms with Crippen molar-refractivity contribution in [1.82, 2.24) is 0 Å². The van der Waals surface area contributed by atoms with E-state index in [9.17, 15) is 5.11 Å². The van der Waals surface area contributed by atoms with Crippen molar-refractivity contribution in [3.05, 3.63) is 0 Å². The SMILES string of the molecule is CCCCC(C(C)C)[C@H]1CC[C@@]1(C)CCO. The van der Waals surface area contributed by atoms with Crippen LogP contribution in [0.5, 0.6) is 0 Å². The second kappa shape index (κ2) is 6.05. The van der Waals surface area contributed by atoms with Gasteiger partial charge in [0.25, 0.3) is 0 Å². The summed E-state index contributed by atoms with van der Waals surface area (Å²) in [6.07, 6.45) is 7.80. The Balaban J connectivity index is 2.57. The Kier molecular flexibility index (Phi) is 5.30. The second-order valence-corrected chi connectivity index (χ2v) is 6.32. The van der Waals surface area contributed by atoms with E-state index in [1.165, 1.54) is 32.1 Å². The van der Waals surface area contributed by atoms with Crippen molar-refractivity contribution < 1.29 is 5.11 Å². The van der Waals surface area contributed by atoms with Crippen LogP contribution < -0.4 is 0 Å². The molecule has 3 atom stereocenters. The molecule has 0 saturated heterocycles. The Hall–Kier alpha value is -0.0400. The van der Waals surface area contributed by atoms with Crippen molar-refractivity contribution in [2.45, 2.75) is 66.2 Å². The number of aliphatic hydroxyl groups is 1.